The molecule has 1 aliphatic carbocycles. The van der Waals surface area contributed by atoms with Crippen molar-refractivity contribution in [2.45, 2.75) is 57.5 Å². The topological polar surface area (TPSA) is 20.2 Å². The molecule has 0 spiro atoms. The van der Waals surface area contributed by atoms with Crippen LogP contribution in [0.3, 0.4) is 0 Å². The van der Waals surface area contributed by atoms with Crippen molar-refractivity contribution in [1.29, 1.82) is 0 Å². The fraction of sp³-hybridized carbons (Fsp3) is 0.625. The molecule has 1 aliphatic rings. The van der Waals surface area contributed by atoms with E-state index in [0.717, 1.165) is 41.6 Å². The van der Waals surface area contributed by atoms with Crippen LogP contribution in [0.5, 0.6) is 0 Å². The van der Waals surface area contributed by atoms with Crippen LogP contribution < -0.4 is 0 Å². The molecule has 2 rings (SSSR count). The van der Waals surface area contributed by atoms with Crippen LogP contribution in [-0.2, 0) is 6.42 Å². The maximum atomic E-state index is 13.3. The van der Waals surface area contributed by atoms with E-state index in [-0.39, 0.29) is 5.82 Å². The van der Waals surface area contributed by atoms with Crippen molar-refractivity contribution in [3.63, 3.8) is 0 Å². The lowest BCUT2D eigenvalue weighted by Gasteiger charge is -2.27. The molecule has 1 aromatic carbocycles. The fourth-order valence-corrected chi connectivity index (χ4v) is 3.47. The summed E-state index contributed by atoms with van der Waals surface area (Å²) in [7, 11) is 0. The number of hydrogen-bond donors (Lipinski definition) is 1. The minimum atomic E-state index is -0.666. The third kappa shape index (κ3) is 4.03. The van der Waals surface area contributed by atoms with E-state index in [1.165, 1.54) is 25.0 Å². The lowest BCUT2D eigenvalue weighted by molar-refractivity contribution is 0.0240. The number of benzene rings is 1. The Morgan fingerprint density at radius 3 is 2.89 bits per heavy atom. The van der Waals surface area contributed by atoms with E-state index in [1.807, 2.05) is 0 Å². The van der Waals surface area contributed by atoms with Crippen LogP contribution in [0.2, 0.25) is 0 Å². The van der Waals surface area contributed by atoms with Crippen molar-refractivity contribution in [3.8, 4) is 0 Å². The summed E-state index contributed by atoms with van der Waals surface area (Å²) in [6.07, 6.45) is 6.76. The second-order valence-corrected chi connectivity index (χ2v) is 6.70. The van der Waals surface area contributed by atoms with Gasteiger partial charge >= 0.3 is 0 Å². The van der Waals surface area contributed by atoms with Gasteiger partial charge in [0.2, 0.25) is 0 Å². The highest BCUT2D eigenvalue weighted by Gasteiger charge is 2.31. The Morgan fingerprint density at radius 1 is 1.37 bits per heavy atom. The van der Waals surface area contributed by atoms with Crippen LogP contribution in [0.25, 0.3) is 0 Å². The summed E-state index contributed by atoms with van der Waals surface area (Å²) in [6.45, 7) is 2.22. The molecule has 1 nitrogen and oxygen atoms in total. The first-order valence-corrected chi connectivity index (χ1v) is 7.98. The highest BCUT2D eigenvalue weighted by molar-refractivity contribution is 9.10. The quantitative estimate of drug-likeness (QED) is 0.786. The summed E-state index contributed by atoms with van der Waals surface area (Å²) < 4.78 is 14.2. The largest absolute Gasteiger partial charge is 0.390 e. The van der Waals surface area contributed by atoms with Crippen LogP contribution >= 0.6 is 15.9 Å². The van der Waals surface area contributed by atoms with E-state index < -0.39 is 5.60 Å². The molecule has 2 atom stereocenters. The third-order valence-electron chi connectivity index (χ3n) is 4.38. The number of halogens is 2. The van der Waals surface area contributed by atoms with Crippen LogP contribution in [0.1, 0.15) is 51.0 Å². The molecule has 0 heterocycles. The molecule has 19 heavy (non-hydrogen) atoms. The van der Waals surface area contributed by atoms with Gasteiger partial charge in [-0.05, 0) is 48.9 Å². The Morgan fingerprint density at radius 2 is 2.16 bits per heavy atom. The van der Waals surface area contributed by atoms with Gasteiger partial charge in [-0.1, -0.05) is 42.1 Å². The monoisotopic (exact) mass is 328 g/mol. The van der Waals surface area contributed by atoms with Gasteiger partial charge in [0, 0.05) is 10.9 Å². The van der Waals surface area contributed by atoms with Gasteiger partial charge in [0.1, 0.15) is 5.82 Å². The van der Waals surface area contributed by atoms with E-state index in [2.05, 4.69) is 22.9 Å². The lowest BCUT2D eigenvalue weighted by atomic mass is 9.87. The predicted molar refractivity (Wildman–Crippen MR) is 79.6 cm³/mol. The summed E-state index contributed by atoms with van der Waals surface area (Å²) in [5, 5.41) is 10.8. The Balaban J connectivity index is 2.10. The standard InChI is InChI=1S/C16H22BrFO/c1-2-12-4-3-8-16(19,9-7-12)11-13-10-14(18)5-6-15(13)17/h5-6,10,12,19H,2-4,7-9,11H2,1H3. The van der Waals surface area contributed by atoms with Crippen LogP contribution in [0, 0.1) is 11.7 Å². The SMILES string of the molecule is CCC1CCCC(O)(Cc2cc(F)ccc2Br)CC1. The van der Waals surface area contributed by atoms with Gasteiger partial charge in [-0.3, -0.25) is 0 Å². The van der Waals surface area contributed by atoms with Gasteiger partial charge in [0.15, 0.2) is 0 Å². The second-order valence-electron chi connectivity index (χ2n) is 5.84. The van der Waals surface area contributed by atoms with E-state index in [9.17, 15) is 9.50 Å². The first-order chi connectivity index (χ1) is 9.02. The van der Waals surface area contributed by atoms with E-state index in [1.54, 1.807) is 6.07 Å². The van der Waals surface area contributed by atoms with Crippen LogP contribution in [0.4, 0.5) is 4.39 Å². The van der Waals surface area contributed by atoms with Crippen LogP contribution in [-0.4, -0.2) is 10.7 Å². The maximum absolute atomic E-state index is 13.3. The molecular formula is C16H22BrFO. The highest BCUT2D eigenvalue weighted by Crippen LogP contribution is 2.35. The molecule has 0 bridgehead atoms. The fourth-order valence-electron chi connectivity index (χ4n) is 3.08. The van der Waals surface area contributed by atoms with Crippen molar-refractivity contribution in [3.05, 3.63) is 34.1 Å². The van der Waals surface area contributed by atoms with Crippen molar-refractivity contribution in [2.75, 3.05) is 0 Å². The molecule has 1 saturated carbocycles. The molecule has 0 saturated heterocycles. The molecule has 1 N–H and O–H groups in total. The average Bonchev–Trinajstić information content (AvgIpc) is 2.56. The molecule has 0 radical (unpaired) electrons. The summed E-state index contributed by atoms with van der Waals surface area (Å²) in [6, 6.07) is 4.70. The highest BCUT2D eigenvalue weighted by atomic mass is 79.9. The summed E-state index contributed by atoms with van der Waals surface area (Å²) in [4.78, 5) is 0. The molecule has 2 unspecified atom stereocenters. The number of aliphatic hydroxyl groups is 1. The zero-order valence-corrected chi connectivity index (χ0v) is 13.0. The summed E-state index contributed by atoms with van der Waals surface area (Å²) in [5.41, 5.74) is 0.206. The van der Waals surface area contributed by atoms with Gasteiger partial charge in [-0.15, -0.1) is 0 Å². The number of hydrogen-bond acceptors (Lipinski definition) is 1. The Labute approximate surface area is 123 Å². The number of rotatable bonds is 3. The molecule has 0 aliphatic heterocycles. The normalized spacial score (nSPS) is 28.1. The molecule has 0 aromatic heterocycles. The minimum Gasteiger partial charge on any atom is -0.390 e. The van der Waals surface area contributed by atoms with E-state index in [4.69, 9.17) is 0 Å². The minimum absolute atomic E-state index is 0.234. The Hall–Kier alpha value is -0.410. The lowest BCUT2D eigenvalue weighted by Crippen LogP contribution is -2.31. The first-order valence-electron chi connectivity index (χ1n) is 7.19. The Bertz CT molecular complexity index is 435. The molecule has 106 valence electrons. The smallest absolute Gasteiger partial charge is 0.123 e. The first kappa shape index (κ1) is 15.0. The molecule has 0 amide bonds. The van der Waals surface area contributed by atoms with Crippen molar-refractivity contribution >= 4 is 15.9 Å². The zero-order valence-electron chi connectivity index (χ0n) is 11.5. The molecule has 3 heteroatoms. The predicted octanol–water partition coefficient (Wildman–Crippen LogP) is 4.85. The van der Waals surface area contributed by atoms with E-state index >= 15 is 0 Å². The third-order valence-corrected chi connectivity index (χ3v) is 5.15. The van der Waals surface area contributed by atoms with Gasteiger partial charge in [0.05, 0.1) is 5.60 Å². The summed E-state index contributed by atoms with van der Waals surface area (Å²) >= 11 is 3.45. The van der Waals surface area contributed by atoms with Crippen molar-refractivity contribution in [2.24, 2.45) is 5.92 Å². The maximum Gasteiger partial charge on any atom is 0.123 e. The second kappa shape index (κ2) is 6.36. The average molecular weight is 329 g/mol. The summed E-state index contributed by atoms with van der Waals surface area (Å²) in [5.74, 6) is 0.506. The molecule has 1 fully saturated rings. The molecule has 1 aromatic rings. The van der Waals surface area contributed by atoms with Gasteiger partial charge in [-0.25, -0.2) is 4.39 Å². The van der Waals surface area contributed by atoms with Gasteiger partial charge in [-0.2, -0.15) is 0 Å². The van der Waals surface area contributed by atoms with Crippen molar-refractivity contribution in [1.82, 2.24) is 0 Å². The van der Waals surface area contributed by atoms with Crippen LogP contribution in [0.15, 0.2) is 22.7 Å². The van der Waals surface area contributed by atoms with E-state index in [0.29, 0.717) is 6.42 Å². The Kier molecular flexibility index (Phi) is 5.02. The molecular weight excluding hydrogens is 307 g/mol. The zero-order chi connectivity index (χ0) is 13.9. The van der Waals surface area contributed by atoms with Gasteiger partial charge in [0.25, 0.3) is 0 Å². The van der Waals surface area contributed by atoms with Gasteiger partial charge < -0.3 is 5.11 Å². The van der Waals surface area contributed by atoms with Crippen molar-refractivity contribution < 1.29 is 9.50 Å².